The maximum absolute atomic E-state index is 7.81. The Morgan fingerprint density at radius 1 is 1.00 bits per heavy atom. The second kappa shape index (κ2) is 95.6. The van der Waals surface area contributed by atoms with Crippen LogP contribution in [0.3, 0.4) is 0 Å². The van der Waals surface area contributed by atoms with E-state index in [0.29, 0.717) is 0 Å². The van der Waals surface area contributed by atoms with Crippen molar-refractivity contribution in [3.05, 3.63) is 0 Å². The van der Waals surface area contributed by atoms with Gasteiger partial charge in [0.2, 0.25) is 0 Å². The van der Waals surface area contributed by atoms with Crippen molar-refractivity contribution >= 4 is 17.4 Å². The van der Waals surface area contributed by atoms with Crippen molar-refractivity contribution in [2.45, 2.75) is 0 Å². The van der Waals surface area contributed by atoms with E-state index >= 15 is 0 Å². The quantitative estimate of drug-likeness (QED) is 0.478. The molecule has 0 bridgehead atoms. The third-order valence-corrected chi connectivity index (χ3v) is 0. The summed E-state index contributed by atoms with van der Waals surface area (Å²) in [6.45, 7) is 0. The zero-order chi connectivity index (χ0) is 2.00. The van der Waals surface area contributed by atoms with Crippen LogP contribution in [-0.2, 0) is 50.2 Å². The smallest absolute Gasteiger partial charge is 2.00 e. The summed E-state index contributed by atoms with van der Waals surface area (Å²) in [6.07, 6.45) is 0. The molecule has 0 aromatic rings. The van der Waals surface area contributed by atoms with Gasteiger partial charge in [0.25, 0.3) is 0 Å². The van der Waals surface area contributed by atoms with Gasteiger partial charge < -0.3 is 11.0 Å². The van der Waals surface area contributed by atoms with Crippen molar-refractivity contribution in [2.75, 3.05) is 0 Å². The molecular weight excluding hydrogens is 204 g/mol. The summed E-state index contributed by atoms with van der Waals surface area (Å²) in [6, 6.07) is 0. The van der Waals surface area contributed by atoms with Gasteiger partial charge in [-0.1, -0.05) is 0 Å². The topological polar surface area (TPSA) is 74.1 Å². The van der Waals surface area contributed by atoms with E-state index in [1.165, 1.54) is 0 Å². The fourth-order valence-corrected chi connectivity index (χ4v) is 0. The molecule has 3 nitrogen and oxygen atoms in total. The van der Waals surface area contributed by atoms with Crippen LogP contribution >= 0.6 is 0 Å². The molecule has 0 N–H and O–H groups in total. The first-order valence-electron chi connectivity index (χ1n) is 0.123. The van der Waals surface area contributed by atoms with Crippen molar-refractivity contribution < 1.29 is 50.2 Å². The third kappa shape index (κ3) is 53.5. The molecule has 0 unspecified atom stereocenters. The standard InChI is InChI=1S/Al.Cu.3O.Zn/q+3;;;2*-2;+2. The predicted octanol–water partition coefficient (Wildman–Crippen LogP) is -0.742. The Morgan fingerprint density at radius 3 is 1.00 bits per heavy atom. The van der Waals surface area contributed by atoms with Gasteiger partial charge in [0.15, 0.2) is 0 Å². The Morgan fingerprint density at radius 2 is 1.00 bits per heavy atom. The van der Waals surface area contributed by atoms with Gasteiger partial charge in [-0.05, 0) is 0 Å². The molecule has 0 amide bonds. The molecule has 0 aromatic carbocycles. The van der Waals surface area contributed by atoms with Crippen LogP contribution in [0.15, 0.2) is 0 Å². The molecule has 6 heavy (non-hydrogen) atoms. The molecule has 0 fully saturated rings. The van der Waals surface area contributed by atoms with E-state index in [9.17, 15) is 0 Å². The fourth-order valence-electron chi connectivity index (χ4n) is 0. The van der Waals surface area contributed by atoms with Gasteiger partial charge in [-0.25, -0.2) is 0 Å². The summed E-state index contributed by atoms with van der Waals surface area (Å²) >= 11 is 2.94. The van der Waals surface area contributed by atoms with Gasteiger partial charge in [-0.15, -0.1) is 0 Å². The van der Waals surface area contributed by atoms with Crippen molar-refractivity contribution in [1.29, 1.82) is 0 Å². The fraction of sp³-hybridized carbons (Fsp3) is 0. The van der Waals surface area contributed by atoms with Crippen molar-refractivity contribution in [2.24, 2.45) is 0 Å². The largest absolute Gasteiger partial charge is 2.00 e. The van der Waals surface area contributed by atoms with Gasteiger partial charge >= 0.3 is 56.6 Å². The average molecular weight is 204 g/mol. The minimum absolute atomic E-state index is 0. The van der Waals surface area contributed by atoms with Gasteiger partial charge in [-0.2, -0.15) is 0 Å². The number of hydrogen-bond acceptors (Lipinski definition) is 1. The monoisotopic (exact) mass is 202 g/mol. The summed E-state index contributed by atoms with van der Waals surface area (Å²) in [5.74, 6) is 0. The minimum Gasteiger partial charge on any atom is 2.00 e. The zero-order valence-corrected chi connectivity index (χ0v) is 7.87. The molecule has 0 saturated carbocycles. The summed E-state index contributed by atoms with van der Waals surface area (Å²) in [5, 5.41) is 0. The SMILES string of the molecule is [Al+3].[O-2].[O-2].[O]=[Cu].[Zn+2]. The van der Waals surface area contributed by atoms with Gasteiger partial charge in [0.05, 0.1) is 0 Å². The molecule has 0 aliphatic rings. The van der Waals surface area contributed by atoms with Crippen LogP contribution in [0.4, 0.5) is 0 Å². The second-order valence-electron chi connectivity index (χ2n) is 0. The van der Waals surface area contributed by atoms with Gasteiger partial charge in [0, 0.05) is 0 Å². The van der Waals surface area contributed by atoms with Gasteiger partial charge in [-0.3, -0.25) is 0 Å². The van der Waals surface area contributed by atoms with Crippen LogP contribution in [0, 0.1) is 0 Å². The van der Waals surface area contributed by atoms with E-state index in [2.05, 4.69) is 15.9 Å². The number of hydrogen-bond donors (Lipinski definition) is 0. The molecule has 0 aromatic heterocycles. The molecule has 0 rings (SSSR count). The third-order valence-electron chi connectivity index (χ3n) is 0. The van der Waals surface area contributed by atoms with Crippen LogP contribution in [0.1, 0.15) is 0 Å². The van der Waals surface area contributed by atoms with Crippen LogP contribution in [-0.4, -0.2) is 17.4 Å². The summed E-state index contributed by atoms with van der Waals surface area (Å²) in [5.41, 5.74) is 0. The molecule has 0 aliphatic heterocycles. The predicted molar refractivity (Wildman–Crippen MR) is 7.81 cm³/mol. The van der Waals surface area contributed by atoms with E-state index in [1.54, 1.807) is 0 Å². The van der Waals surface area contributed by atoms with Crippen LogP contribution in [0.25, 0.3) is 0 Å². The van der Waals surface area contributed by atoms with Crippen molar-refractivity contribution in [1.82, 2.24) is 0 Å². The van der Waals surface area contributed by atoms with Gasteiger partial charge in [0.1, 0.15) is 0 Å². The summed E-state index contributed by atoms with van der Waals surface area (Å²) in [7, 11) is 0. The Hall–Kier alpha value is 1.40. The molecule has 0 atom stereocenters. The van der Waals surface area contributed by atoms with E-state index in [4.69, 9.17) is 3.83 Å². The molecule has 0 spiro atoms. The molecule has 6 heteroatoms. The maximum atomic E-state index is 7.81. The van der Waals surface area contributed by atoms with Crippen LogP contribution < -0.4 is 0 Å². The first kappa shape index (κ1) is 52.7. The Kier molecular flexibility index (Phi) is 840. The van der Waals surface area contributed by atoms with Crippen molar-refractivity contribution in [3.63, 3.8) is 0 Å². The summed E-state index contributed by atoms with van der Waals surface area (Å²) < 4.78 is 7.81. The average Bonchev–Trinajstić information content (AvgIpc) is 1.00. The van der Waals surface area contributed by atoms with E-state index in [0.717, 1.165) is 0 Å². The molecular formula is AlCuO3Zn+. The molecule has 0 saturated heterocycles. The first-order chi connectivity index (χ1) is 1.00. The van der Waals surface area contributed by atoms with E-state index in [1.807, 2.05) is 0 Å². The van der Waals surface area contributed by atoms with E-state index < -0.39 is 0 Å². The van der Waals surface area contributed by atoms with Crippen molar-refractivity contribution in [3.8, 4) is 0 Å². The zero-order valence-electron chi connectivity index (χ0n) is 2.81. The number of rotatable bonds is 0. The molecule has 0 radical (unpaired) electrons. The Balaban J connectivity index is -0.000000000833. The molecule has 0 heterocycles. The maximum Gasteiger partial charge on any atom is 2.00 e. The van der Waals surface area contributed by atoms with Crippen LogP contribution in [0.2, 0.25) is 0 Å². The summed E-state index contributed by atoms with van der Waals surface area (Å²) in [4.78, 5) is 0. The normalized spacial score (nSPS) is 1.00. The first-order valence-corrected chi connectivity index (χ1v) is 0.508. The Bertz CT molecular complexity index is 10.8. The molecule has 0 aliphatic carbocycles. The second-order valence-corrected chi connectivity index (χ2v) is 0. The molecule has 33 valence electrons. The minimum atomic E-state index is 0. The Labute approximate surface area is 67.4 Å². The van der Waals surface area contributed by atoms with Crippen LogP contribution in [0.5, 0.6) is 0 Å². The van der Waals surface area contributed by atoms with E-state index in [-0.39, 0.29) is 47.8 Å².